The molecule has 1 aromatic heterocycles. The van der Waals surface area contributed by atoms with E-state index in [-0.39, 0.29) is 23.6 Å². The molecule has 2 N–H and O–H groups in total. The predicted octanol–water partition coefficient (Wildman–Crippen LogP) is 3.86. The largest absolute Gasteiger partial charge is 0.504 e. The fraction of sp³-hybridized carbons (Fsp3) is 0.615. The van der Waals surface area contributed by atoms with E-state index in [1.54, 1.807) is 38.5 Å². The highest BCUT2D eigenvalue weighted by Gasteiger charge is 2.88. The van der Waals surface area contributed by atoms with Crippen LogP contribution in [-0.2, 0) is 14.3 Å². The number of rotatable bonds is 1. The van der Waals surface area contributed by atoms with Gasteiger partial charge in [-0.2, -0.15) is 0 Å². The molecule has 1 aromatic rings. The van der Waals surface area contributed by atoms with Gasteiger partial charge in [0.05, 0.1) is 35.6 Å². The van der Waals surface area contributed by atoms with E-state index in [9.17, 15) is 19.8 Å². The Morgan fingerprint density at radius 2 is 1.84 bits per heavy atom. The van der Waals surface area contributed by atoms with Crippen LogP contribution in [0.2, 0.25) is 0 Å². The van der Waals surface area contributed by atoms with Crippen LogP contribution in [0.25, 0.3) is 0 Å². The van der Waals surface area contributed by atoms with Crippen LogP contribution in [0.15, 0.2) is 46.5 Å². The SMILES string of the molecule is CC1(C)C(=O)C=CC2(C)C1=C(O)C(=O)[C@]1(C)[C@@H]2[C@@H](O)C[C@@]2(C)[C@H](c3ccoc3)C[C@H]3O[C@]321. The fourth-order valence-corrected chi connectivity index (χ4v) is 8.95. The van der Waals surface area contributed by atoms with E-state index in [0.29, 0.717) is 12.0 Å². The number of hydrogen-bond donors (Lipinski definition) is 2. The summed E-state index contributed by atoms with van der Waals surface area (Å²) in [6.07, 6.45) is 7.02. The quantitative estimate of drug-likeness (QED) is 0.646. The van der Waals surface area contributed by atoms with Gasteiger partial charge in [0.2, 0.25) is 5.78 Å². The minimum Gasteiger partial charge on any atom is -0.504 e. The Bertz CT molecular complexity index is 1130. The second-order valence-electron chi connectivity index (χ2n) is 11.7. The number of fused-ring (bicyclic) bond motifs is 3. The van der Waals surface area contributed by atoms with Gasteiger partial charge in [-0.15, -0.1) is 0 Å². The van der Waals surface area contributed by atoms with Crippen molar-refractivity contribution in [1.82, 2.24) is 0 Å². The Morgan fingerprint density at radius 3 is 2.50 bits per heavy atom. The first-order chi connectivity index (χ1) is 14.9. The molecule has 2 saturated carbocycles. The molecular formula is C26H30O6. The van der Waals surface area contributed by atoms with Crippen LogP contribution < -0.4 is 0 Å². The Kier molecular flexibility index (Phi) is 3.50. The lowest BCUT2D eigenvalue weighted by Crippen LogP contribution is -2.70. The molecule has 170 valence electrons. The average molecular weight is 439 g/mol. The molecule has 1 saturated heterocycles. The molecule has 0 radical (unpaired) electrons. The molecule has 2 heterocycles. The number of epoxide rings is 1. The number of ether oxygens (including phenoxy) is 1. The van der Waals surface area contributed by atoms with Crippen LogP contribution in [0.1, 0.15) is 58.9 Å². The number of ketones is 2. The van der Waals surface area contributed by atoms with E-state index in [4.69, 9.17) is 9.15 Å². The first kappa shape index (κ1) is 20.4. The minimum absolute atomic E-state index is 0.0838. The Morgan fingerprint density at radius 1 is 1.12 bits per heavy atom. The topological polar surface area (TPSA) is 100 Å². The van der Waals surface area contributed by atoms with Crippen LogP contribution in [0, 0.1) is 27.6 Å². The van der Waals surface area contributed by atoms with Crippen molar-refractivity contribution in [3.05, 3.63) is 47.6 Å². The monoisotopic (exact) mass is 438 g/mol. The number of Topliss-reactive ketones (excluding diaryl/α,β-unsaturated/α-hetero) is 1. The summed E-state index contributed by atoms with van der Waals surface area (Å²) in [6.45, 7) is 9.42. The predicted molar refractivity (Wildman–Crippen MR) is 115 cm³/mol. The van der Waals surface area contributed by atoms with Crippen molar-refractivity contribution < 1.29 is 29.0 Å². The van der Waals surface area contributed by atoms with Crippen LogP contribution >= 0.6 is 0 Å². The fourth-order valence-electron chi connectivity index (χ4n) is 8.95. The molecule has 6 heteroatoms. The molecule has 0 amide bonds. The maximum absolute atomic E-state index is 14.1. The molecule has 1 spiro atoms. The molecule has 6 nitrogen and oxygen atoms in total. The summed E-state index contributed by atoms with van der Waals surface area (Å²) in [6, 6.07) is 1.95. The van der Waals surface area contributed by atoms with Crippen molar-refractivity contribution in [2.24, 2.45) is 27.6 Å². The third kappa shape index (κ3) is 1.82. The molecule has 1 unspecified atom stereocenters. The van der Waals surface area contributed by atoms with Gasteiger partial charge in [0.1, 0.15) is 5.60 Å². The first-order valence-corrected chi connectivity index (χ1v) is 11.5. The maximum Gasteiger partial charge on any atom is 0.206 e. The van der Waals surface area contributed by atoms with E-state index >= 15 is 0 Å². The Labute approximate surface area is 187 Å². The zero-order valence-corrected chi connectivity index (χ0v) is 19.1. The van der Waals surface area contributed by atoms with Crippen molar-refractivity contribution in [3.63, 3.8) is 0 Å². The van der Waals surface area contributed by atoms with Crippen LogP contribution in [0.4, 0.5) is 0 Å². The highest BCUT2D eigenvalue weighted by Crippen LogP contribution is 2.81. The van der Waals surface area contributed by atoms with Gasteiger partial charge in [0.15, 0.2) is 11.5 Å². The number of aliphatic hydroxyl groups excluding tert-OH is 2. The van der Waals surface area contributed by atoms with Gasteiger partial charge in [-0.05, 0) is 62.8 Å². The lowest BCUT2D eigenvalue weighted by atomic mass is 9.38. The van der Waals surface area contributed by atoms with Gasteiger partial charge in [-0.3, -0.25) is 9.59 Å². The van der Waals surface area contributed by atoms with Crippen molar-refractivity contribution >= 4 is 11.6 Å². The third-order valence-corrected chi connectivity index (χ3v) is 10.1. The molecule has 5 aliphatic rings. The first-order valence-electron chi connectivity index (χ1n) is 11.5. The lowest BCUT2D eigenvalue weighted by Gasteiger charge is -2.63. The molecule has 0 bridgehead atoms. The minimum atomic E-state index is -1.13. The molecule has 1 aliphatic heterocycles. The van der Waals surface area contributed by atoms with Gasteiger partial charge in [-0.25, -0.2) is 0 Å². The summed E-state index contributed by atoms with van der Waals surface area (Å²) < 4.78 is 11.8. The molecule has 4 aliphatic carbocycles. The zero-order chi connectivity index (χ0) is 23.1. The molecule has 0 aromatic carbocycles. The Balaban J connectivity index is 1.60. The summed E-state index contributed by atoms with van der Waals surface area (Å²) in [5.74, 6) is -1.33. The van der Waals surface area contributed by atoms with Crippen molar-refractivity contribution in [2.75, 3.05) is 0 Å². The van der Waals surface area contributed by atoms with E-state index in [2.05, 4.69) is 6.92 Å². The summed E-state index contributed by atoms with van der Waals surface area (Å²) in [5, 5.41) is 23.1. The van der Waals surface area contributed by atoms with Gasteiger partial charge in [-0.1, -0.05) is 19.9 Å². The summed E-state index contributed by atoms with van der Waals surface area (Å²) in [4.78, 5) is 26.8. The normalized spacial score (nSPS) is 50.6. The van der Waals surface area contributed by atoms with E-state index in [1.165, 1.54) is 0 Å². The highest BCUT2D eigenvalue weighted by atomic mass is 16.6. The highest BCUT2D eigenvalue weighted by molar-refractivity contribution is 6.06. The van der Waals surface area contributed by atoms with E-state index in [1.807, 2.05) is 19.9 Å². The second-order valence-corrected chi connectivity index (χ2v) is 11.7. The van der Waals surface area contributed by atoms with Crippen molar-refractivity contribution in [2.45, 2.75) is 71.2 Å². The number of hydrogen-bond acceptors (Lipinski definition) is 6. The standard InChI is InChI=1S/C26H30O6/c1-22(2)16(28)6-8-23(3)19-15(27)11-24(4)14(13-7-9-31-12-13)10-17-26(24,32-17)25(19,5)21(30)18(29)20(22)23/h6-9,12,14-15,17,19,27,29H,10-11H2,1-5H3/t14-,15-,17+,19+,23?,24-,25-,26+/m0/s1. The van der Waals surface area contributed by atoms with E-state index in [0.717, 1.165) is 12.0 Å². The zero-order valence-electron chi connectivity index (χ0n) is 19.1. The number of carbonyl (C=O) groups is 2. The molecule has 32 heavy (non-hydrogen) atoms. The number of furan rings is 1. The van der Waals surface area contributed by atoms with Gasteiger partial charge >= 0.3 is 0 Å². The molecule has 6 rings (SSSR count). The second kappa shape index (κ2) is 5.48. The van der Waals surface area contributed by atoms with Crippen LogP contribution in [0.3, 0.4) is 0 Å². The van der Waals surface area contributed by atoms with Crippen LogP contribution in [0.5, 0.6) is 0 Å². The Hall–Kier alpha value is -2.18. The molecular weight excluding hydrogens is 408 g/mol. The summed E-state index contributed by atoms with van der Waals surface area (Å²) in [5.41, 5.74) is -2.82. The lowest BCUT2D eigenvalue weighted by molar-refractivity contribution is -0.187. The smallest absolute Gasteiger partial charge is 0.206 e. The average Bonchev–Trinajstić information content (AvgIpc) is 3.08. The van der Waals surface area contributed by atoms with Gasteiger partial charge in [0.25, 0.3) is 0 Å². The number of aliphatic hydroxyl groups is 2. The van der Waals surface area contributed by atoms with Crippen molar-refractivity contribution in [3.8, 4) is 0 Å². The van der Waals surface area contributed by atoms with Gasteiger partial charge in [0, 0.05) is 16.7 Å². The molecule has 8 atom stereocenters. The van der Waals surface area contributed by atoms with Crippen LogP contribution in [-0.4, -0.2) is 39.6 Å². The van der Waals surface area contributed by atoms with Crippen molar-refractivity contribution in [1.29, 1.82) is 0 Å². The summed E-state index contributed by atoms with van der Waals surface area (Å²) >= 11 is 0. The number of carbonyl (C=O) groups excluding carboxylic acids is 2. The maximum atomic E-state index is 14.1. The van der Waals surface area contributed by atoms with Gasteiger partial charge < -0.3 is 19.4 Å². The third-order valence-electron chi connectivity index (χ3n) is 10.1. The summed E-state index contributed by atoms with van der Waals surface area (Å²) in [7, 11) is 0. The molecule has 3 fully saturated rings. The number of allylic oxidation sites excluding steroid dienone is 4. The van der Waals surface area contributed by atoms with E-state index < -0.39 is 45.1 Å².